The van der Waals surface area contributed by atoms with Gasteiger partial charge in [0.1, 0.15) is 0 Å². The lowest BCUT2D eigenvalue weighted by molar-refractivity contribution is 0.134. The molecule has 1 amide bonds. The fourth-order valence-corrected chi connectivity index (χ4v) is 2.83. The zero-order valence-electron chi connectivity index (χ0n) is 13.2. The first-order chi connectivity index (χ1) is 10.6. The number of aromatic nitrogens is 2. The molecule has 0 aliphatic carbocycles. The van der Waals surface area contributed by atoms with Crippen molar-refractivity contribution in [2.45, 2.75) is 20.4 Å². The molecule has 1 aliphatic rings. The molecule has 1 aliphatic heterocycles. The van der Waals surface area contributed by atoms with Gasteiger partial charge in [0, 0.05) is 38.9 Å². The van der Waals surface area contributed by atoms with Crippen LogP contribution in [0.5, 0.6) is 0 Å². The SMILES string of the molecule is Cc1cccc(CN2CCN(C(=O)n3cc(C)cn3)CC2)c1. The Morgan fingerprint density at radius 3 is 2.55 bits per heavy atom. The maximum atomic E-state index is 12.3. The predicted molar refractivity (Wildman–Crippen MR) is 85.8 cm³/mol. The van der Waals surface area contributed by atoms with Crippen LogP contribution in [-0.2, 0) is 6.54 Å². The molecule has 5 heteroatoms. The number of nitrogens with zero attached hydrogens (tertiary/aromatic N) is 4. The Balaban J connectivity index is 1.55. The Labute approximate surface area is 131 Å². The quantitative estimate of drug-likeness (QED) is 0.854. The van der Waals surface area contributed by atoms with Crippen molar-refractivity contribution in [2.24, 2.45) is 0 Å². The van der Waals surface area contributed by atoms with Crippen LogP contribution in [0.25, 0.3) is 0 Å². The van der Waals surface area contributed by atoms with Crippen LogP contribution in [0, 0.1) is 13.8 Å². The maximum Gasteiger partial charge on any atom is 0.344 e. The summed E-state index contributed by atoms with van der Waals surface area (Å²) in [7, 11) is 0. The molecule has 0 unspecified atom stereocenters. The van der Waals surface area contributed by atoms with E-state index in [9.17, 15) is 4.79 Å². The molecule has 0 radical (unpaired) electrons. The van der Waals surface area contributed by atoms with Crippen molar-refractivity contribution in [3.8, 4) is 0 Å². The van der Waals surface area contributed by atoms with Crippen molar-refractivity contribution in [2.75, 3.05) is 26.2 Å². The van der Waals surface area contributed by atoms with E-state index in [1.54, 1.807) is 12.4 Å². The van der Waals surface area contributed by atoms with E-state index < -0.39 is 0 Å². The molecule has 0 bridgehead atoms. The average molecular weight is 298 g/mol. The number of hydrogen-bond acceptors (Lipinski definition) is 3. The number of benzene rings is 1. The highest BCUT2D eigenvalue weighted by Gasteiger charge is 2.22. The van der Waals surface area contributed by atoms with Crippen molar-refractivity contribution >= 4 is 6.03 Å². The van der Waals surface area contributed by atoms with Crippen molar-refractivity contribution in [3.05, 3.63) is 53.3 Å². The second-order valence-corrected chi connectivity index (χ2v) is 6.00. The highest BCUT2D eigenvalue weighted by Crippen LogP contribution is 2.11. The molecular formula is C17H22N4O. The Hall–Kier alpha value is -2.14. The molecule has 2 heterocycles. The van der Waals surface area contributed by atoms with Crippen LogP contribution in [-0.4, -0.2) is 51.8 Å². The molecule has 0 N–H and O–H groups in total. The second kappa shape index (κ2) is 6.32. The summed E-state index contributed by atoms with van der Waals surface area (Å²) >= 11 is 0. The average Bonchev–Trinajstić information content (AvgIpc) is 2.94. The largest absolute Gasteiger partial charge is 0.344 e. The van der Waals surface area contributed by atoms with Crippen LogP contribution in [0.2, 0.25) is 0 Å². The van der Waals surface area contributed by atoms with Crippen molar-refractivity contribution in [1.29, 1.82) is 0 Å². The van der Waals surface area contributed by atoms with Gasteiger partial charge in [-0.1, -0.05) is 29.8 Å². The molecule has 2 aromatic rings. The molecular weight excluding hydrogens is 276 g/mol. The van der Waals surface area contributed by atoms with Crippen molar-refractivity contribution < 1.29 is 4.79 Å². The second-order valence-electron chi connectivity index (χ2n) is 6.00. The van der Waals surface area contributed by atoms with Crippen LogP contribution >= 0.6 is 0 Å². The van der Waals surface area contributed by atoms with Gasteiger partial charge in [0.2, 0.25) is 0 Å². The Morgan fingerprint density at radius 1 is 1.14 bits per heavy atom. The molecule has 1 saturated heterocycles. The molecule has 22 heavy (non-hydrogen) atoms. The monoisotopic (exact) mass is 298 g/mol. The van der Waals surface area contributed by atoms with Gasteiger partial charge in [0.05, 0.1) is 6.20 Å². The molecule has 116 valence electrons. The lowest BCUT2D eigenvalue weighted by atomic mass is 10.1. The summed E-state index contributed by atoms with van der Waals surface area (Å²) in [5, 5.41) is 4.10. The predicted octanol–water partition coefficient (Wildman–Crippen LogP) is 2.29. The van der Waals surface area contributed by atoms with E-state index >= 15 is 0 Å². The van der Waals surface area contributed by atoms with Gasteiger partial charge in [-0.2, -0.15) is 9.78 Å². The number of carbonyl (C=O) groups is 1. The van der Waals surface area contributed by atoms with Crippen molar-refractivity contribution in [3.63, 3.8) is 0 Å². The summed E-state index contributed by atoms with van der Waals surface area (Å²) in [6, 6.07) is 8.58. The van der Waals surface area contributed by atoms with E-state index in [1.165, 1.54) is 15.8 Å². The van der Waals surface area contributed by atoms with E-state index in [0.717, 1.165) is 38.3 Å². The minimum atomic E-state index is -0.0247. The Morgan fingerprint density at radius 2 is 1.91 bits per heavy atom. The highest BCUT2D eigenvalue weighted by molar-refractivity contribution is 5.76. The zero-order valence-corrected chi connectivity index (χ0v) is 13.2. The van der Waals surface area contributed by atoms with Crippen LogP contribution < -0.4 is 0 Å². The number of rotatable bonds is 2. The molecule has 0 spiro atoms. The Kier molecular flexibility index (Phi) is 4.24. The number of hydrogen-bond donors (Lipinski definition) is 0. The summed E-state index contributed by atoms with van der Waals surface area (Å²) in [5.41, 5.74) is 3.63. The lowest BCUT2D eigenvalue weighted by Gasteiger charge is -2.34. The van der Waals surface area contributed by atoms with Gasteiger partial charge in [0.15, 0.2) is 0 Å². The number of amides is 1. The third-order valence-corrected chi connectivity index (χ3v) is 4.04. The molecule has 0 saturated carbocycles. The van der Waals surface area contributed by atoms with E-state index in [4.69, 9.17) is 0 Å². The fourth-order valence-electron chi connectivity index (χ4n) is 2.83. The van der Waals surface area contributed by atoms with Gasteiger partial charge in [-0.3, -0.25) is 4.90 Å². The highest BCUT2D eigenvalue weighted by atomic mass is 16.2. The molecule has 3 rings (SSSR count). The van der Waals surface area contributed by atoms with Gasteiger partial charge in [-0.15, -0.1) is 0 Å². The van der Waals surface area contributed by atoms with Crippen LogP contribution in [0.4, 0.5) is 4.79 Å². The smallest absolute Gasteiger partial charge is 0.320 e. The normalized spacial score (nSPS) is 16.0. The minimum absolute atomic E-state index is 0.0247. The molecule has 1 aromatic heterocycles. The maximum absolute atomic E-state index is 12.3. The molecule has 5 nitrogen and oxygen atoms in total. The third-order valence-electron chi connectivity index (χ3n) is 4.04. The summed E-state index contributed by atoms with van der Waals surface area (Å²) in [6.07, 6.45) is 3.49. The lowest BCUT2D eigenvalue weighted by Crippen LogP contribution is -2.49. The van der Waals surface area contributed by atoms with E-state index in [0.29, 0.717) is 0 Å². The van der Waals surface area contributed by atoms with Gasteiger partial charge in [0.25, 0.3) is 0 Å². The summed E-state index contributed by atoms with van der Waals surface area (Å²) < 4.78 is 1.44. The van der Waals surface area contributed by atoms with Gasteiger partial charge < -0.3 is 4.90 Å². The Bertz CT molecular complexity index is 656. The van der Waals surface area contributed by atoms with Crippen LogP contribution in [0.3, 0.4) is 0 Å². The summed E-state index contributed by atoms with van der Waals surface area (Å²) in [5.74, 6) is 0. The first-order valence-electron chi connectivity index (χ1n) is 7.70. The van der Waals surface area contributed by atoms with Crippen LogP contribution in [0.1, 0.15) is 16.7 Å². The minimum Gasteiger partial charge on any atom is -0.320 e. The summed E-state index contributed by atoms with van der Waals surface area (Å²) in [4.78, 5) is 16.6. The summed E-state index contributed by atoms with van der Waals surface area (Å²) in [6.45, 7) is 8.32. The van der Waals surface area contributed by atoms with E-state index in [1.807, 2.05) is 11.8 Å². The number of aryl methyl sites for hydroxylation is 2. The van der Waals surface area contributed by atoms with Gasteiger partial charge >= 0.3 is 6.03 Å². The standard InChI is InChI=1S/C17H22N4O/c1-14-4-3-5-16(10-14)13-19-6-8-20(9-7-19)17(22)21-12-15(2)11-18-21/h3-5,10-12H,6-9,13H2,1-2H3. The van der Waals surface area contributed by atoms with E-state index in [-0.39, 0.29) is 6.03 Å². The van der Waals surface area contributed by atoms with Crippen LogP contribution in [0.15, 0.2) is 36.7 Å². The van der Waals surface area contributed by atoms with Gasteiger partial charge in [-0.05, 0) is 25.0 Å². The topological polar surface area (TPSA) is 41.4 Å². The molecule has 0 atom stereocenters. The van der Waals surface area contributed by atoms with Crippen molar-refractivity contribution in [1.82, 2.24) is 19.6 Å². The van der Waals surface area contributed by atoms with Gasteiger partial charge in [-0.25, -0.2) is 4.79 Å². The van der Waals surface area contributed by atoms with E-state index in [2.05, 4.69) is 41.2 Å². The zero-order chi connectivity index (χ0) is 15.5. The first kappa shape index (κ1) is 14.8. The molecule has 1 aromatic carbocycles. The fraction of sp³-hybridized carbons (Fsp3) is 0.412. The first-order valence-corrected chi connectivity index (χ1v) is 7.70. The number of carbonyl (C=O) groups excluding carboxylic acids is 1. The number of piperazine rings is 1. The third kappa shape index (κ3) is 3.36. The molecule has 1 fully saturated rings.